The molecule has 0 aromatic heterocycles. The Hall–Kier alpha value is -3.08. The first-order chi connectivity index (χ1) is 12.5. The maximum absolute atomic E-state index is 13.1. The lowest BCUT2D eigenvalue weighted by Crippen LogP contribution is -2.51. The molecule has 1 heterocycles. The predicted octanol–water partition coefficient (Wildman–Crippen LogP) is 3.66. The van der Waals surface area contributed by atoms with Gasteiger partial charge in [0, 0.05) is 11.4 Å². The Morgan fingerprint density at radius 3 is 2.54 bits per heavy atom. The molecule has 1 amide bonds. The molecule has 1 atom stereocenters. The van der Waals surface area contributed by atoms with Crippen LogP contribution in [0.25, 0.3) is 0 Å². The smallest absolute Gasteiger partial charge is 0.336 e. The highest BCUT2D eigenvalue weighted by Crippen LogP contribution is 2.35. The first kappa shape index (κ1) is 17.7. The van der Waals surface area contributed by atoms with Gasteiger partial charge in [-0.25, -0.2) is 4.79 Å². The van der Waals surface area contributed by atoms with E-state index in [4.69, 9.17) is 4.74 Å². The second-order valence-electron chi connectivity index (χ2n) is 6.40. The third-order valence-corrected chi connectivity index (χ3v) is 4.32. The number of amides is 1. The van der Waals surface area contributed by atoms with E-state index in [1.54, 1.807) is 32.1 Å². The van der Waals surface area contributed by atoms with Crippen LogP contribution in [0.4, 0.5) is 11.4 Å². The van der Waals surface area contributed by atoms with Crippen LogP contribution >= 0.6 is 0 Å². The summed E-state index contributed by atoms with van der Waals surface area (Å²) < 4.78 is 5.24. The van der Waals surface area contributed by atoms with Gasteiger partial charge in [0.05, 0.1) is 6.61 Å². The molecule has 0 aliphatic carbocycles. The lowest BCUT2D eigenvalue weighted by molar-refractivity contribution is -0.147. The maximum Gasteiger partial charge on any atom is 0.336 e. The third-order valence-electron chi connectivity index (χ3n) is 4.32. The number of carbonyl (C=O) groups is 2. The molecule has 1 aliphatic rings. The number of carbonyl (C=O) groups excluding carboxylic acids is 2. The number of benzene rings is 2. The summed E-state index contributed by atoms with van der Waals surface area (Å²) in [5.74, 6) is -0.730. The second kappa shape index (κ2) is 7.04. The van der Waals surface area contributed by atoms with Gasteiger partial charge in [-0.2, -0.15) is 0 Å². The van der Waals surface area contributed by atoms with E-state index in [-0.39, 0.29) is 12.5 Å². The minimum absolute atomic E-state index is 0.250. The molecule has 3 rings (SSSR count). The maximum atomic E-state index is 13.1. The molecular formula is C21H22N2O3. The van der Waals surface area contributed by atoms with Crippen molar-refractivity contribution in [2.24, 2.45) is 0 Å². The SMILES string of the molecule is CCOC(=O)[C@]1(C)C=C(Nc2cccc(C)c2)C(=O)N1c1ccccc1. The lowest BCUT2D eigenvalue weighted by atomic mass is 10.0. The first-order valence-corrected chi connectivity index (χ1v) is 8.59. The largest absolute Gasteiger partial charge is 0.464 e. The fraction of sp³-hybridized carbons (Fsp3) is 0.238. The Morgan fingerprint density at radius 2 is 1.88 bits per heavy atom. The van der Waals surface area contributed by atoms with E-state index < -0.39 is 11.5 Å². The molecule has 5 heteroatoms. The molecule has 26 heavy (non-hydrogen) atoms. The number of rotatable bonds is 5. The molecule has 0 radical (unpaired) electrons. The average Bonchev–Trinajstić information content (AvgIpc) is 2.87. The summed E-state index contributed by atoms with van der Waals surface area (Å²) in [6.45, 7) is 5.68. The van der Waals surface area contributed by atoms with Crippen molar-refractivity contribution in [2.45, 2.75) is 26.3 Å². The van der Waals surface area contributed by atoms with Crippen LogP contribution in [0.3, 0.4) is 0 Å². The number of hydrogen-bond donors (Lipinski definition) is 1. The summed E-state index contributed by atoms with van der Waals surface area (Å²) in [5.41, 5.74) is 1.67. The minimum Gasteiger partial charge on any atom is -0.464 e. The molecule has 0 bridgehead atoms. The van der Waals surface area contributed by atoms with Gasteiger partial charge in [0.25, 0.3) is 5.91 Å². The average molecular weight is 350 g/mol. The van der Waals surface area contributed by atoms with E-state index in [0.717, 1.165) is 11.3 Å². The quantitative estimate of drug-likeness (QED) is 0.836. The highest BCUT2D eigenvalue weighted by molar-refractivity contribution is 6.16. The molecule has 5 nitrogen and oxygen atoms in total. The van der Waals surface area contributed by atoms with Crippen LogP contribution in [0.5, 0.6) is 0 Å². The molecule has 1 N–H and O–H groups in total. The van der Waals surface area contributed by atoms with Crippen LogP contribution in [0.15, 0.2) is 66.4 Å². The summed E-state index contributed by atoms with van der Waals surface area (Å²) in [6, 6.07) is 16.9. The number of nitrogens with one attached hydrogen (secondary N) is 1. The number of ether oxygens (including phenoxy) is 1. The number of aryl methyl sites for hydroxylation is 1. The monoisotopic (exact) mass is 350 g/mol. The van der Waals surface area contributed by atoms with Gasteiger partial charge < -0.3 is 10.1 Å². The molecule has 1 aliphatic heterocycles. The fourth-order valence-electron chi connectivity index (χ4n) is 3.10. The second-order valence-corrected chi connectivity index (χ2v) is 6.40. The number of anilines is 2. The van der Waals surface area contributed by atoms with Crippen molar-refractivity contribution >= 4 is 23.3 Å². The van der Waals surface area contributed by atoms with Crippen LogP contribution in [-0.2, 0) is 14.3 Å². The van der Waals surface area contributed by atoms with Gasteiger partial charge in [0.2, 0.25) is 0 Å². The molecule has 0 spiro atoms. The van der Waals surface area contributed by atoms with Crippen molar-refractivity contribution in [2.75, 3.05) is 16.8 Å². The zero-order valence-electron chi connectivity index (χ0n) is 15.2. The standard InChI is InChI=1S/C21H22N2O3/c1-4-26-20(25)21(3)14-18(22-16-10-8-9-15(2)13-16)19(24)23(21)17-11-6-5-7-12-17/h5-14,22H,4H2,1-3H3/t21-/m0/s1. The summed E-state index contributed by atoms with van der Waals surface area (Å²) in [4.78, 5) is 27.2. The summed E-state index contributed by atoms with van der Waals surface area (Å²) in [7, 11) is 0. The Labute approximate surface area is 153 Å². The van der Waals surface area contributed by atoms with Crippen LogP contribution in [0.1, 0.15) is 19.4 Å². The molecule has 0 saturated heterocycles. The van der Waals surface area contributed by atoms with Gasteiger partial charge in [-0.3, -0.25) is 9.69 Å². The highest BCUT2D eigenvalue weighted by atomic mass is 16.5. The molecule has 0 saturated carbocycles. The zero-order chi connectivity index (χ0) is 18.7. The zero-order valence-corrected chi connectivity index (χ0v) is 15.2. The Balaban J connectivity index is 2.00. The Morgan fingerprint density at radius 1 is 1.15 bits per heavy atom. The fourth-order valence-corrected chi connectivity index (χ4v) is 3.10. The van der Waals surface area contributed by atoms with E-state index in [1.165, 1.54) is 4.90 Å². The molecule has 2 aromatic carbocycles. The predicted molar refractivity (Wildman–Crippen MR) is 102 cm³/mol. The lowest BCUT2D eigenvalue weighted by Gasteiger charge is -2.32. The summed E-state index contributed by atoms with van der Waals surface area (Å²) >= 11 is 0. The summed E-state index contributed by atoms with van der Waals surface area (Å²) in [5, 5.41) is 3.15. The van der Waals surface area contributed by atoms with E-state index in [2.05, 4.69) is 5.32 Å². The van der Waals surface area contributed by atoms with Crippen molar-refractivity contribution in [1.29, 1.82) is 0 Å². The molecule has 0 fully saturated rings. The topological polar surface area (TPSA) is 58.6 Å². The van der Waals surface area contributed by atoms with Crippen molar-refractivity contribution < 1.29 is 14.3 Å². The van der Waals surface area contributed by atoms with E-state index >= 15 is 0 Å². The Kier molecular flexibility index (Phi) is 4.80. The first-order valence-electron chi connectivity index (χ1n) is 8.59. The van der Waals surface area contributed by atoms with Gasteiger partial charge in [-0.15, -0.1) is 0 Å². The van der Waals surface area contributed by atoms with Crippen molar-refractivity contribution in [3.05, 3.63) is 71.9 Å². The third kappa shape index (κ3) is 3.20. The van der Waals surface area contributed by atoms with Crippen LogP contribution in [-0.4, -0.2) is 24.0 Å². The molecule has 134 valence electrons. The molecular weight excluding hydrogens is 328 g/mol. The number of nitrogens with zero attached hydrogens (tertiary/aromatic N) is 1. The van der Waals surface area contributed by atoms with Crippen molar-refractivity contribution in [3.8, 4) is 0 Å². The van der Waals surface area contributed by atoms with Gasteiger partial charge >= 0.3 is 5.97 Å². The van der Waals surface area contributed by atoms with E-state index in [0.29, 0.717) is 11.4 Å². The molecule has 0 unspecified atom stereocenters. The van der Waals surface area contributed by atoms with Gasteiger partial charge in [-0.05, 0) is 56.7 Å². The van der Waals surface area contributed by atoms with Crippen LogP contribution in [0.2, 0.25) is 0 Å². The van der Waals surface area contributed by atoms with E-state index in [1.807, 2.05) is 49.4 Å². The van der Waals surface area contributed by atoms with Gasteiger partial charge in [0.1, 0.15) is 5.70 Å². The highest BCUT2D eigenvalue weighted by Gasteiger charge is 2.49. The van der Waals surface area contributed by atoms with Gasteiger partial charge in [0.15, 0.2) is 5.54 Å². The number of para-hydroxylation sites is 1. The van der Waals surface area contributed by atoms with Crippen LogP contribution < -0.4 is 10.2 Å². The minimum atomic E-state index is -1.21. The summed E-state index contributed by atoms with van der Waals surface area (Å²) in [6.07, 6.45) is 1.64. The number of hydrogen-bond acceptors (Lipinski definition) is 4. The number of esters is 1. The van der Waals surface area contributed by atoms with Crippen LogP contribution in [0, 0.1) is 6.92 Å². The Bertz CT molecular complexity index is 861. The van der Waals surface area contributed by atoms with Crippen molar-refractivity contribution in [3.63, 3.8) is 0 Å². The molecule has 2 aromatic rings. The van der Waals surface area contributed by atoms with Crippen molar-refractivity contribution in [1.82, 2.24) is 0 Å². The van der Waals surface area contributed by atoms with Gasteiger partial charge in [-0.1, -0.05) is 30.3 Å². The normalized spacial score (nSPS) is 19.3. The van der Waals surface area contributed by atoms with E-state index in [9.17, 15) is 9.59 Å².